The second-order valence-electron chi connectivity index (χ2n) is 8.71. The lowest BCUT2D eigenvalue weighted by atomic mass is 9.77. The predicted molar refractivity (Wildman–Crippen MR) is 109 cm³/mol. The number of ether oxygens (including phenoxy) is 2. The summed E-state index contributed by atoms with van der Waals surface area (Å²) in [6.45, 7) is 6.97. The second-order valence-corrected chi connectivity index (χ2v) is 9.27. The Bertz CT molecular complexity index is 814. The van der Waals surface area contributed by atoms with Gasteiger partial charge in [0.1, 0.15) is 5.60 Å². The van der Waals surface area contributed by atoms with E-state index in [2.05, 4.69) is 20.7 Å². The van der Waals surface area contributed by atoms with Gasteiger partial charge in [0.2, 0.25) is 0 Å². The van der Waals surface area contributed by atoms with Crippen LogP contribution in [0.15, 0.2) is 12.1 Å². The molecule has 0 heterocycles. The molecule has 1 aliphatic carbocycles. The zero-order valence-corrected chi connectivity index (χ0v) is 19.4. The van der Waals surface area contributed by atoms with Crippen LogP contribution in [-0.2, 0) is 27.5 Å². The molecule has 168 valence electrons. The summed E-state index contributed by atoms with van der Waals surface area (Å²) in [5.74, 6) is -0.865. The highest BCUT2D eigenvalue weighted by Gasteiger charge is 2.43. The minimum atomic E-state index is -4.67. The number of benzene rings is 1. The fraction of sp³-hybridized carbons (Fsp3) is 0.619. The number of halogens is 4. The van der Waals surface area contributed by atoms with E-state index >= 15 is 0 Å². The molecule has 1 fully saturated rings. The Balaban J connectivity index is 2.54. The van der Waals surface area contributed by atoms with E-state index in [1.54, 1.807) is 20.8 Å². The first-order chi connectivity index (χ1) is 13.7. The summed E-state index contributed by atoms with van der Waals surface area (Å²) < 4.78 is 51.3. The van der Waals surface area contributed by atoms with E-state index in [4.69, 9.17) is 4.74 Å². The summed E-state index contributed by atoms with van der Waals surface area (Å²) in [4.78, 5) is 26.5. The third-order valence-electron chi connectivity index (χ3n) is 5.19. The molecule has 0 bridgehead atoms. The minimum absolute atomic E-state index is 0.110. The number of methoxy groups -OCH3 is 1. The molecule has 0 aliphatic heterocycles. The molecule has 2 rings (SSSR count). The lowest BCUT2D eigenvalue weighted by Gasteiger charge is -2.48. The van der Waals surface area contributed by atoms with E-state index in [1.165, 1.54) is 11.0 Å². The molecule has 0 N–H and O–H groups in total. The van der Waals surface area contributed by atoms with Gasteiger partial charge in [-0.05, 0) is 70.2 Å². The number of rotatable bonds is 5. The van der Waals surface area contributed by atoms with Crippen LogP contribution in [0.2, 0.25) is 0 Å². The van der Waals surface area contributed by atoms with Gasteiger partial charge in [0.05, 0.1) is 18.2 Å². The summed E-state index contributed by atoms with van der Waals surface area (Å²) in [5, 5.41) is -0.167. The van der Waals surface area contributed by atoms with Crippen LogP contribution < -0.4 is 0 Å². The van der Waals surface area contributed by atoms with Crippen molar-refractivity contribution in [3.63, 3.8) is 0 Å². The maximum absolute atomic E-state index is 13.7. The molecule has 0 spiro atoms. The molecule has 1 saturated carbocycles. The summed E-state index contributed by atoms with van der Waals surface area (Å²) >= 11 is 3.04. The minimum Gasteiger partial charge on any atom is -0.465 e. The first-order valence-corrected chi connectivity index (χ1v) is 10.7. The molecule has 5 nitrogen and oxygen atoms in total. The van der Waals surface area contributed by atoms with Crippen LogP contribution in [0.25, 0.3) is 0 Å². The van der Waals surface area contributed by atoms with Crippen molar-refractivity contribution < 1.29 is 32.2 Å². The van der Waals surface area contributed by atoms with Crippen LogP contribution >= 0.6 is 15.9 Å². The molecule has 1 aliphatic rings. The van der Waals surface area contributed by atoms with E-state index in [9.17, 15) is 22.8 Å². The van der Waals surface area contributed by atoms with Crippen LogP contribution in [0.4, 0.5) is 18.0 Å². The Morgan fingerprint density at radius 1 is 1.20 bits per heavy atom. The maximum atomic E-state index is 13.7. The molecular formula is C21H27BrF3NO4. The number of hydrogen-bond acceptors (Lipinski definition) is 4. The van der Waals surface area contributed by atoms with Crippen molar-refractivity contribution >= 4 is 28.0 Å². The average molecular weight is 494 g/mol. The monoisotopic (exact) mass is 493 g/mol. The van der Waals surface area contributed by atoms with E-state index in [1.807, 2.05) is 6.92 Å². The number of amides is 1. The Morgan fingerprint density at radius 2 is 1.80 bits per heavy atom. The smallest absolute Gasteiger partial charge is 0.416 e. The predicted octanol–water partition coefficient (Wildman–Crippen LogP) is 6.07. The normalized spacial score (nSPS) is 15.9. The summed E-state index contributed by atoms with van der Waals surface area (Å²) in [6.07, 6.45) is -2.90. The van der Waals surface area contributed by atoms with Crippen molar-refractivity contribution in [1.29, 1.82) is 0 Å². The lowest BCUT2D eigenvalue weighted by Crippen LogP contribution is -2.54. The molecule has 0 saturated heterocycles. The third kappa shape index (κ3) is 5.47. The van der Waals surface area contributed by atoms with E-state index in [-0.39, 0.29) is 28.6 Å². The van der Waals surface area contributed by atoms with Crippen molar-refractivity contribution in [2.24, 2.45) is 0 Å². The fourth-order valence-electron chi connectivity index (χ4n) is 3.45. The fourth-order valence-corrected chi connectivity index (χ4v) is 4.05. The van der Waals surface area contributed by atoms with Crippen molar-refractivity contribution in [2.75, 3.05) is 7.11 Å². The van der Waals surface area contributed by atoms with Gasteiger partial charge in [-0.15, -0.1) is 0 Å². The Labute approximate surface area is 183 Å². The van der Waals surface area contributed by atoms with Crippen LogP contribution in [0.5, 0.6) is 0 Å². The van der Waals surface area contributed by atoms with Gasteiger partial charge in [-0.25, -0.2) is 9.59 Å². The molecular weight excluding hydrogens is 467 g/mol. The Hall–Kier alpha value is -1.77. The van der Waals surface area contributed by atoms with Crippen LogP contribution in [0, 0.1) is 0 Å². The van der Waals surface area contributed by atoms with E-state index < -0.39 is 34.9 Å². The van der Waals surface area contributed by atoms with E-state index in [0.29, 0.717) is 0 Å². The quantitative estimate of drug-likeness (QED) is 0.369. The van der Waals surface area contributed by atoms with Crippen molar-refractivity contribution in [2.45, 2.75) is 76.1 Å². The van der Waals surface area contributed by atoms with Crippen molar-refractivity contribution in [3.8, 4) is 0 Å². The third-order valence-corrected chi connectivity index (χ3v) is 5.75. The second kappa shape index (κ2) is 8.77. The van der Waals surface area contributed by atoms with Gasteiger partial charge < -0.3 is 9.47 Å². The first kappa shape index (κ1) is 24.5. The highest BCUT2D eigenvalue weighted by molar-refractivity contribution is 9.08. The molecule has 1 aromatic rings. The SMILES string of the molecule is COC(=O)c1cc(CN(C(=O)OC(C)(C)C)C2(C)CCC2)cc(C(F)(F)F)c1CBr. The molecule has 0 unspecified atom stereocenters. The number of nitrogens with zero attached hydrogens (tertiary/aromatic N) is 1. The standard InChI is InChI=1S/C21H27BrF3NO4/c1-19(2,3)30-18(28)26(20(4)7-6-8-20)12-13-9-14(17(27)29-5)15(11-22)16(10-13)21(23,24)25/h9-10H,6-8,11-12H2,1-5H3. The average Bonchev–Trinajstić information content (AvgIpc) is 2.60. The lowest BCUT2D eigenvalue weighted by molar-refractivity contribution is -0.138. The maximum Gasteiger partial charge on any atom is 0.416 e. The summed E-state index contributed by atoms with van der Waals surface area (Å²) in [5.41, 5.74) is -2.38. The van der Waals surface area contributed by atoms with E-state index in [0.717, 1.165) is 32.4 Å². The molecule has 0 radical (unpaired) electrons. The van der Waals surface area contributed by atoms with Gasteiger partial charge in [-0.3, -0.25) is 4.90 Å². The zero-order valence-electron chi connectivity index (χ0n) is 17.8. The molecule has 1 aromatic carbocycles. The largest absolute Gasteiger partial charge is 0.465 e. The van der Waals surface area contributed by atoms with Crippen LogP contribution in [0.3, 0.4) is 0 Å². The Kier molecular flexibility index (Phi) is 7.16. The Morgan fingerprint density at radius 3 is 2.20 bits per heavy atom. The first-order valence-electron chi connectivity index (χ1n) is 9.60. The molecule has 1 amide bonds. The van der Waals surface area contributed by atoms with Gasteiger partial charge >= 0.3 is 18.2 Å². The highest BCUT2D eigenvalue weighted by Crippen LogP contribution is 2.40. The number of alkyl halides is 4. The molecule has 0 aromatic heterocycles. The van der Waals surface area contributed by atoms with Crippen molar-refractivity contribution in [3.05, 3.63) is 34.4 Å². The van der Waals surface area contributed by atoms with Gasteiger partial charge in [0, 0.05) is 17.4 Å². The highest BCUT2D eigenvalue weighted by atomic mass is 79.9. The number of esters is 1. The van der Waals surface area contributed by atoms with Crippen LogP contribution in [-0.4, -0.2) is 35.2 Å². The van der Waals surface area contributed by atoms with Crippen LogP contribution in [0.1, 0.15) is 74.0 Å². The van der Waals surface area contributed by atoms with Crippen molar-refractivity contribution in [1.82, 2.24) is 4.90 Å². The number of carbonyl (C=O) groups excluding carboxylic acids is 2. The number of carbonyl (C=O) groups is 2. The summed E-state index contributed by atoms with van der Waals surface area (Å²) in [7, 11) is 1.11. The molecule has 30 heavy (non-hydrogen) atoms. The van der Waals surface area contributed by atoms with Gasteiger partial charge in [0.15, 0.2) is 0 Å². The van der Waals surface area contributed by atoms with Gasteiger partial charge in [-0.1, -0.05) is 15.9 Å². The van der Waals surface area contributed by atoms with Gasteiger partial charge in [-0.2, -0.15) is 13.2 Å². The number of hydrogen-bond donors (Lipinski definition) is 0. The topological polar surface area (TPSA) is 55.8 Å². The van der Waals surface area contributed by atoms with Gasteiger partial charge in [0.25, 0.3) is 0 Å². The molecule has 9 heteroatoms. The summed E-state index contributed by atoms with van der Waals surface area (Å²) in [6, 6.07) is 2.35. The zero-order chi connectivity index (χ0) is 22.9. The molecule has 0 atom stereocenters.